The van der Waals surface area contributed by atoms with Crippen molar-refractivity contribution >= 4 is 23.4 Å². The number of nitrogens with two attached hydrogens (primary N) is 1. The largest absolute Gasteiger partial charge is 0.394 e. The van der Waals surface area contributed by atoms with Crippen LogP contribution in [0.4, 0.5) is 11.8 Å². The number of ether oxygens (including phenoxy) is 1. The average molecular weight is 259 g/mol. The number of morpholine rings is 1. The van der Waals surface area contributed by atoms with E-state index in [0.29, 0.717) is 23.9 Å². The van der Waals surface area contributed by atoms with Crippen molar-refractivity contribution in [2.45, 2.75) is 19.1 Å². The van der Waals surface area contributed by atoms with Crippen LogP contribution in [0.1, 0.15) is 6.92 Å². The van der Waals surface area contributed by atoms with Crippen molar-refractivity contribution in [3.8, 4) is 0 Å². The number of hydrogen-bond acceptors (Lipinski definition) is 6. The molecule has 0 aromatic carbocycles. The summed E-state index contributed by atoms with van der Waals surface area (Å²) in [7, 11) is 0. The molecule has 1 aromatic rings. The maximum absolute atomic E-state index is 9.16. The highest BCUT2D eigenvalue weighted by Crippen LogP contribution is 2.26. The topological polar surface area (TPSA) is 84.5 Å². The zero-order chi connectivity index (χ0) is 12.4. The first-order valence-electron chi connectivity index (χ1n) is 5.39. The van der Waals surface area contributed by atoms with Crippen molar-refractivity contribution in [3.63, 3.8) is 0 Å². The number of nitrogen functional groups attached to an aromatic ring is 1. The molecule has 1 fully saturated rings. The maximum atomic E-state index is 9.16. The lowest BCUT2D eigenvalue weighted by atomic mass is 10.2. The Morgan fingerprint density at radius 3 is 3.12 bits per heavy atom. The van der Waals surface area contributed by atoms with Crippen LogP contribution >= 0.6 is 11.6 Å². The van der Waals surface area contributed by atoms with E-state index in [1.54, 1.807) is 0 Å². The second kappa shape index (κ2) is 5.03. The van der Waals surface area contributed by atoms with E-state index in [1.807, 2.05) is 11.8 Å². The van der Waals surface area contributed by atoms with E-state index >= 15 is 0 Å². The molecule has 0 bridgehead atoms. The summed E-state index contributed by atoms with van der Waals surface area (Å²) in [4.78, 5) is 9.90. The van der Waals surface area contributed by atoms with Gasteiger partial charge in [-0.3, -0.25) is 0 Å². The van der Waals surface area contributed by atoms with Crippen LogP contribution in [0.2, 0.25) is 5.02 Å². The molecule has 2 heterocycles. The van der Waals surface area contributed by atoms with Gasteiger partial charge in [-0.2, -0.15) is 4.98 Å². The Morgan fingerprint density at radius 2 is 2.41 bits per heavy atom. The number of anilines is 2. The highest BCUT2D eigenvalue weighted by atomic mass is 35.5. The molecule has 7 heteroatoms. The van der Waals surface area contributed by atoms with Gasteiger partial charge in [-0.05, 0) is 6.92 Å². The molecule has 3 N–H and O–H groups in total. The fourth-order valence-electron chi connectivity index (χ4n) is 1.91. The number of aromatic nitrogens is 2. The maximum Gasteiger partial charge on any atom is 0.222 e. The molecule has 6 nitrogen and oxygen atoms in total. The molecule has 0 radical (unpaired) electrons. The number of aliphatic hydroxyl groups excluding tert-OH is 1. The Hall–Kier alpha value is -1.11. The van der Waals surface area contributed by atoms with Crippen LogP contribution in [-0.4, -0.2) is 47.0 Å². The Labute approximate surface area is 104 Å². The molecule has 17 heavy (non-hydrogen) atoms. The summed E-state index contributed by atoms with van der Waals surface area (Å²) in [5.41, 5.74) is 5.55. The minimum atomic E-state index is -0.231. The number of hydrogen-bond donors (Lipinski definition) is 2. The number of nitrogens with zero attached hydrogens (tertiary/aromatic N) is 3. The van der Waals surface area contributed by atoms with Gasteiger partial charge in [0.2, 0.25) is 5.95 Å². The normalized spacial score (nSPS) is 25.0. The third-order valence-electron chi connectivity index (χ3n) is 2.57. The molecule has 0 aliphatic carbocycles. The van der Waals surface area contributed by atoms with Crippen LogP contribution in [0.25, 0.3) is 0 Å². The first-order valence-corrected chi connectivity index (χ1v) is 5.77. The van der Waals surface area contributed by atoms with Crippen LogP contribution in [0.3, 0.4) is 0 Å². The standard InChI is InChI=1S/C10H15ClN4O2/c1-6-3-15(4-7(5-16)17-6)9-8(11)2-13-10(12)14-9/h2,6-7,16H,3-5H2,1H3,(H2,12,13,14). The average Bonchev–Trinajstić information content (AvgIpc) is 2.31. The van der Waals surface area contributed by atoms with Crippen molar-refractivity contribution in [3.05, 3.63) is 11.2 Å². The fourth-order valence-corrected chi connectivity index (χ4v) is 2.12. The van der Waals surface area contributed by atoms with Gasteiger partial charge in [0.25, 0.3) is 0 Å². The van der Waals surface area contributed by atoms with E-state index in [1.165, 1.54) is 6.20 Å². The van der Waals surface area contributed by atoms with Gasteiger partial charge in [-0.25, -0.2) is 4.98 Å². The van der Waals surface area contributed by atoms with Crippen molar-refractivity contribution in [2.24, 2.45) is 0 Å². The molecule has 2 unspecified atom stereocenters. The first-order chi connectivity index (χ1) is 8.10. The zero-order valence-corrected chi connectivity index (χ0v) is 10.3. The first kappa shape index (κ1) is 12.3. The van der Waals surface area contributed by atoms with E-state index in [9.17, 15) is 0 Å². The lowest BCUT2D eigenvalue weighted by Crippen LogP contribution is -2.48. The minimum absolute atomic E-state index is 0.00755. The summed E-state index contributed by atoms with van der Waals surface area (Å²) in [6, 6.07) is 0. The van der Waals surface area contributed by atoms with Crippen molar-refractivity contribution in [1.29, 1.82) is 0 Å². The number of rotatable bonds is 2. The molecule has 1 saturated heterocycles. The van der Waals surface area contributed by atoms with E-state index in [2.05, 4.69) is 9.97 Å². The molecule has 0 saturated carbocycles. The van der Waals surface area contributed by atoms with Gasteiger partial charge in [0.05, 0.1) is 25.0 Å². The molecular weight excluding hydrogens is 244 g/mol. The van der Waals surface area contributed by atoms with Crippen LogP contribution in [-0.2, 0) is 4.74 Å². The van der Waals surface area contributed by atoms with Gasteiger partial charge in [-0.15, -0.1) is 0 Å². The van der Waals surface area contributed by atoms with E-state index in [4.69, 9.17) is 27.2 Å². The van der Waals surface area contributed by atoms with Gasteiger partial charge in [0, 0.05) is 13.1 Å². The van der Waals surface area contributed by atoms with Crippen molar-refractivity contribution < 1.29 is 9.84 Å². The van der Waals surface area contributed by atoms with E-state index in [0.717, 1.165) is 0 Å². The third kappa shape index (κ3) is 2.77. The van der Waals surface area contributed by atoms with Gasteiger partial charge >= 0.3 is 0 Å². The van der Waals surface area contributed by atoms with Crippen LogP contribution < -0.4 is 10.6 Å². The molecule has 0 amide bonds. The second-order valence-electron chi connectivity index (χ2n) is 4.06. The Bertz CT molecular complexity index is 404. The lowest BCUT2D eigenvalue weighted by Gasteiger charge is -2.37. The van der Waals surface area contributed by atoms with Crippen LogP contribution in [0.15, 0.2) is 6.20 Å². The predicted octanol–water partition coefficient (Wildman–Crippen LogP) is 0.298. The highest BCUT2D eigenvalue weighted by Gasteiger charge is 2.27. The summed E-state index contributed by atoms with van der Waals surface area (Å²) >= 11 is 6.04. The zero-order valence-electron chi connectivity index (χ0n) is 9.51. The molecule has 2 rings (SSSR count). The summed E-state index contributed by atoms with van der Waals surface area (Å²) in [5, 5.41) is 9.60. The monoisotopic (exact) mass is 258 g/mol. The summed E-state index contributed by atoms with van der Waals surface area (Å²) in [6.07, 6.45) is 1.26. The number of aliphatic hydroxyl groups is 1. The summed E-state index contributed by atoms with van der Waals surface area (Å²) < 4.78 is 5.55. The molecular formula is C10H15ClN4O2. The molecule has 0 spiro atoms. The Balaban J connectivity index is 2.23. The minimum Gasteiger partial charge on any atom is -0.394 e. The fraction of sp³-hybridized carbons (Fsp3) is 0.600. The van der Waals surface area contributed by atoms with Gasteiger partial charge < -0.3 is 20.5 Å². The van der Waals surface area contributed by atoms with Crippen molar-refractivity contribution in [2.75, 3.05) is 30.3 Å². The lowest BCUT2D eigenvalue weighted by molar-refractivity contribution is -0.0422. The quantitative estimate of drug-likeness (QED) is 0.794. The van der Waals surface area contributed by atoms with Crippen LogP contribution in [0, 0.1) is 0 Å². The summed E-state index contributed by atoms with van der Waals surface area (Å²) in [6.45, 7) is 3.11. The second-order valence-corrected chi connectivity index (χ2v) is 4.46. The van der Waals surface area contributed by atoms with Crippen molar-refractivity contribution in [1.82, 2.24) is 9.97 Å². The molecule has 1 aliphatic rings. The van der Waals surface area contributed by atoms with Gasteiger partial charge in [-0.1, -0.05) is 11.6 Å². The number of halogens is 1. The molecule has 2 atom stereocenters. The SMILES string of the molecule is CC1CN(c2nc(N)ncc2Cl)CC(CO)O1. The van der Waals surface area contributed by atoms with Gasteiger partial charge in [0.15, 0.2) is 5.82 Å². The predicted molar refractivity (Wildman–Crippen MR) is 65.1 cm³/mol. The van der Waals surface area contributed by atoms with E-state index in [-0.39, 0.29) is 24.8 Å². The van der Waals surface area contributed by atoms with Gasteiger partial charge in [0.1, 0.15) is 5.02 Å². The summed E-state index contributed by atoms with van der Waals surface area (Å²) in [5.74, 6) is 0.775. The molecule has 1 aliphatic heterocycles. The van der Waals surface area contributed by atoms with E-state index < -0.39 is 0 Å². The Morgan fingerprint density at radius 1 is 1.65 bits per heavy atom. The molecule has 1 aromatic heterocycles. The molecule has 94 valence electrons. The third-order valence-corrected chi connectivity index (χ3v) is 2.84. The highest BCUT2D eigenvalue weighted by molar-refractivity contribution is 6.32. The van der Waals surface area contributed by atoms with Crippen LogP contribution in [0.5, 0.6) is 0 Å². The Kier molecular flexibility index (Phi) is 3.66. The smallest absolute Gasteiger partial charge is 0.222 e.